The van der Waals surface area contributed by atoms with Crippen LogP contribution in [-0.4, -0.2) is 17.2 Å². The lowest BCUT2D eigenvalue weighted by Gasteiger charge is -2.13. The SMILES string of the molecule is CC(C)SCC(C#N)C(F)(F)F. The van der Waals surface area contributed by atoms with Gasteiger partial charge in [0.25, 0.3) is 0 Å². The Morgan fingerprint density at radius 3 is 2.17 bits per heavy atom. The molecule has 0 heterocycles. The van der Waals surface area contributed by atoms with E-state index in [1.54, 1.807) is 13.8 Å². The zero-order chi connectivity index (χ0) is 9.78. The minimum absolute atomic E-state index is 0.128. The summed E-state index contributed by atoms with van der Waals surface area (Å²) in [4.78, 5) is 0. The smallest absolute Gasteiger partial charge is 0.198 e. The van der Waals surface area contributed by atoms with E-state index >= 15 is 0 Å². The number of nitriles is 1. The van der Waals surface area contributed by atoms with Crippen LogP contribution in [0.1, 0.15) is 13.8 Å². The fourth-order valence-electron chi connectivity index (χ4n) is 0.494. The highest BCUT2D eigenvalue weighted by atomic mass is 32.2. The second-order valence-electron chi connectivity index (χ2n) is 2.61. The van der Waals surface area contributed by atoms with E-state index in [0.29, 0.717) is 0 Å². The van der Waals surface area contributed by atoms with Gasteiger partial charge in [-0.25, -0.2) is 0 Å². The summed E-state index contributed by atoms with van der Waals surface area (Å²) in [5.41, 5.74) is 0. The lowest BCUT2D eigenvalue weighted by atomic mass is 10.2. The van der Waals surface area contributed by atoms with Crippen LogP contribution < -0.4 is 0 Å². The first-order chi connectivity index (χ1) is 5.38. The Balaban J connectivity index is 3.96. The number of thioether (sulfide) groups is 1. The molecule has 0 rings (SSSR count). The Hall–Kier alpha value is -0.370. The fourth-order valence-corrected chi connectivity index (χ4v) is 1.33. The molecule has 0 aromatic heterocycles. The van der Waals surface area contributed by atoms with E-state index in [9.17, 15) is 13.2 Å². The van der Waals surface area contributed by atoms with Crippen LogP contribution in [0.25, 0.3) is 0 Å². The lowest BCUT2D eigenvalue weighted by molar-refractivity contribution is -0.152. The van der Waals surface area contributed by atoms with Crippen LogP contribution in [0, 0.1) is 17.2 Å². The molecule has 0 saturated carbocycles. The molecule has 1 unspecified atom stereocenters. The third-order valence-corrected chi connectivity index (χ3v) is 2.34. The van der Waals surface area contributed by atoms with Crippen LogP contribution in [0.4, 0.5) is 13.2 Å². The van der Waals surface area contributed by atoms with Crippen molar-refractivity contribution in [2.75, 3.05) is 5.75 Å². The summed E-state index contributed by atoms with van der Waals surface area (Å²) in [6, 6.07) is 1.25. The maximum atomic E-state index is 11.9. The maximum Gasteiger partial charge on any atom is 0.405 e. The average Bonchev–Trinajstić information content (AvgIpc) is 1.85. The molecule has 0 N–H and O–H groups in total. The number of rotatable bonds is 3. The summed E-state index contributed by atoms with van der Waals surface area (Å²) in [7, 11) is 0. The molecule has 0 fully saturated rings. The molecular weight excluding hydrogens is 187 g/mol. The van der Waals surface area contributed by atoms with Crippen LogP contribution >= 0.6 is 11.8 Å². The Morgan fingerprint density at radius 2 is 1.92 bits per heavy atom. The molecule has 0 aliphatic rings. The third kappa shape index (κ3) is 4.50. The number of nitrogens with zero attached hydrogens (tertiary/aromatic N) is 1. The molecule has 0 bridgehead atoms. The summed E-state index contributed by atoms with van der Waals surface area (Å²) < 4.78 is 35.8. The summed E-state index contributed by atoms with van der Waals surface area (Å²) in [5.74, 6) is -2.00. The summed E-state index contributed by atoms with van der Waals surface area (Å²) in [6.07, 6.45) is -4.38. The number of halogens is 3. The predicted octanol–water partition coefficient (Wildman–Crippen LogP) is 2.83. The van der Waals surface area contributed by atoms with Gasteiger partial charge < -0.3 is 0 Å². The van der Waals surface area contributed by atoms with Crippen LogP contribution in [-0.2, 0) is 0 Å². The monoisotopic (exact) mass is 197 g/mol. The molecule has 0 spiro atoms. The minimum Gasteiger partial charge on any atom is -0.198 e. The van der Waals surface area contributed by atoms with E-state index < -0.39 is 12.1 Å². The molecule has 12 heavy (non-hydrogen) atoms. The quantitative estimate of drug-likeness (QED) is 0.694. The molecule has 70 valence electrons. The fraction of sp³-hybridized carbons (Fsp3) is 0.857. The lowest BCUT2D eigenvalue weighted by Crippen LogP contribution is -2.23. The van der Waals surface area contributed by atoms with E-state index in [1.807, 2.05) is 0 Å². The van der Waals surface area contributed by atoms with Gasteiger partial charge in [0.15, 0.2) is 5.92 Å². The van der Waals surface area contributed by atoms with Crippen molar-refractivity contribution in [2.45, 2.75) is 25.3 Å². The molecule has 0 aromatic carbocycles. The largest absolute Gasteiger partial charge is 0.405 e. The van der Waals surface area contributed by atoms with Crippen LogP contribution in [0.15, 0.2) is 0 Å². The highest BCUT2D eigenvalue weighted by Gasteiger charge is 2.39. The van der Waals surface area contributed by atoms with Crippen molar-refractivity contribution >= 4 is 11.8 Å². The van der Waals surface area contributed by atoms with Crippen molar-refractivity contribution in [2.24, 2.45) is 5.92 Å². The Kier molecular flexibility index (Phi) is 4.46. The normalized spacial score (nSPS) is 14.4. The molecule has 1 atom stereocenters. The molecule has 5 heteroatoms. The number of alkyl halides is 3. The highest BCUT2D eigenvalue weighted by Crippen LogP contribution is 2.29. The summed E-state index contributed by atoms with van der Waals surface area (Å²) >= 11 is 1.15. The van der Waals surface area contributed by atoms with Crippen molar-refractivity contribution in [1.82, 2.24) is 0 Å². The molecule has 0 amide bonds. The molecular formula is C7H10F3NS. The van der Waals surface area contributed by atoms with Crippen LogP contribution in [0.3, 0.4) is 0 Å². The first-order valence-corrected chi connectivity index (χ1v) is 4.50. The van der Waals surface area contributed by atoms with Gasteiger partial charge in [0.1, 0.15) is 0 Å². The standard InChI is InChI=1S/C7H10F3NS/c1-5(2)12-4-6(3-11)7(8,9)10/h5-6H,4H2,1-2H3. The van der Waals surface area contributed by atoms with Crippen molar-refractivity contribution in [1.29, 1.82) is 5.26 Å². The van der Waals surface area contributed by atoms with Crippen molar-refractivity contribution in [3.8, 4) is 6.07 Å². The van der Waals surface area contributed by atoms with E-state index in [-0.39, 0.29) is 11.0 Å². The third-order valence-electron chi connectivity index (χ3n) is 1.15. The highest BCUT2D eigenvalue weighted by molar-refractivity contribution is 7.99. The van der Waals surface area contributed by atoms with Gasteiger partial charge in [-0.3, -0.25) is 0 Å². The molecule has 0 aliphatic carbocycles. The maximum absolute atomic E-state index is 11.9. The second-order valence-corrected chi connectivity index (χ2v) is 4.21. The van der Waals surface area contributed by atoms with Gasteiger partial charge in [0, 0.05) is 5.75 Å². The van der Waals surface area contributed by atoms with Crippen molar-refractivity contribution in [3.05, 3.63) is 0 Å². The molecule has 0 radical (unpaired) electrons. The van der Waals surface area contributed by atoms with Gasteiger partial charge in [0.2, 0.25) is 0 Å². The van der Waals surface area contributed by atoms with Gasteiger partial charge in [0.05, 0.1) is 6.07 Å². The summed E-state index contributed by atoms with van der Waals surface area (Å²) in [6.45, 7) is 3.60. The molecule has 0 aliphatic heterocycles. The minimum atomic E-state index is -4.38. The van der Waals surface area contributed by atoms with E-state index in [0.717, 1.165) is 11.8 Å². The first kappa shape index (κ1) is 11.6. The zero-order valence-corrected chi connectivity index (χ0v) is 7.67. The Bertz CT molecular complexity index is 170. The van der Waals surface area contributed by atoms with Gasteiger partial charge in [-0.1, -0.05) is 13.8 Å². The van der Waals surface area contributed by atoms with Gasteiger partial charge in [-0.05, 0) is 5.25 Å². The number of hydrogen-bond acceptors (Lipinski definition) is 2. The topological polar surface area (TPSA) is 23.8 Å². The van der Waals surface area contributed by atoms with Crippen LogP contribution in [0.2, 0.25) is 0 Å². The first-order valence-electron chi connectivity index (χ1n) is 3.46. The van der Waals surface area contributed by atoms with Gasteiger partial charge in [-0.2, -0.15) is 30.2 Å². The van der Waals surface area contributed by atoms with E-state index in [4.69, 9.17) is 5.26 Å². The predicted molar refractivity (Wildman–Crippen MR) is 42.8 cm³/mol. The average molecular weight is 197 g/mol. The van der Waals surface area contributed by atoms with Crippen molar-refractivity contribution in [3.63, 3.8) is 0 Å². The van der Waals surface area contributed by atoms with Gasteiger partial charge >= 0.3 is 6.18 Å². The van der Waals surface area contributed by atoms with E-state index in [1.165, 1.54) is 6.07 Å². The van der Waals surface area contributed by atoms with Gasteiger partial charge in [-0.15, -0.1) is 0 Å². The van der Waals surface area contributed by atoms with Crippen LogP contribution in [0.5, 0.6) is 0 Å². The molecule has 0 aromatic rings. The zero-order valence-electron chi connectivity index (χ0n) is 6.85. The number of hydrogen-bond donors (Lipinski definition) is 0. The Morgan fingerprint density at radius 1 is 1.42 bits per heavy atom. The van der Waals surface area contributed by atoms with E-state index in [2.05, 4.69) is 0 Å². The Labute approximate surface area is 73.9 Å². The van der Waals surface area contributed by atoms with Crippen molar-refractivity contribution < 1.29 is 13.2 Å². The summed E-state index contributed by atoms with van der Waals surface area (Å²) in [5, 5.41) is 8.32. The second kappa shape index (κ2) is 4.61. The molecule has 0 saturated heterocycles. The molecule has 1 nitrogen and oxygen atoms in total.